The van der Waals surface area contributed by atoms with Crippen LogP contribution in [0.25, 0.3) is 0 Å². The summed E-state index contributed by atoms with van der Waals surface area (Å²) < 4.78 is 27.5. The van der Waals surface area contributed by atoms with Gasteiger partial charge in [0.05, 0.1) is 17.6 Å². The number of carboxylic acids is 1. The van der Waals surface area contributed by atoms with Gasteiger partial charge in [-0.1, -0.05) is 54.4 Å². The summed E-state index contributed by atoms with van der Waals surface area (Å²) in [4.78, 5) is 25.1. The van der Waals surface area contributed by atoms with E-state index in [0.717, 1.165) is 31.2 Å². The molecule has 5 rings (SSSR count). The normalized spacial score (nSPS) is 27.4. The highest BCUT2D eigenvalue weighted by molar-refractivity contribution is 7.92. The Balaban J connectivity index is 1.61. The number of benzene rings is 2. The summed E-state index contributed by atoms with van der Waals surface area (Å²) in [5.74, 6) is -1.47. The molecule has 2 aromatic carbocycles. The van der Waals surface area contributed by atoms with Gasteiger partial charge in [0.2, 0.25) is 5.91 Å². The summed E-state index contributed by atoms with van der Waals surface area (Å²) in [7, 11) is -3.62. The van der Waals surface area contributed by atoms with Crippen molar-refractivity contribution in [1.82, 2.24) is 5.32 Å². The number of sulfone groups is 1. The zero-order valence-corrected chi connectivity index (χ0v) is 23.7. The molecule has 1 amide bonds. The lowest BCUT2D eigenvalue weighted by atomic mass is 9.67. The zero-order chi connectivity index (χ0) is 27.3. The van der Waals surface area contributed by atoms with Crippen molar-refractivity contribution in [2.75, 3.05) is 5.75 Å². The van der Waals surface area contributed by atoms with Crippen molar-refractivity contribution in [2.45, 2.75) is 68.6 Å². The SMILES string of the molecule is C[C@@]1(CC(=O)O)C[C@H](c2cccc(Cl)c2)[C@H](C[C@@](c2ccc(Cl)cc2)(C2CC2)S(=O)(=O)CC2CC2)NC1=O. The van der Waals surface area contributed by atoms with Crippen LogP contribution in [0.5, 0.6) is 0 Å². The monoisotopic (exact) mass is 577 g/mol. The highest BCUT2D eigenvalue weighted by atomic mass is 35.5. The van der Waals surface area contributed by atoms with E-state index >= 15 is 0 Å². The molecule has 1 heterocycles. The van der Waals surface area contributed by atoms with Crippen LogP contribution in [0.3, 0.4) is 0 Å². The van der Waals surface area contributed by atoms with Gasteiger partial charge in [0.15, 0.2) is 9.84 Å². The maximum absolute atomic E-state index is 14.4. The maximum Gasteiger partial charge on any atom is 0.304 e. The second-order valence-corrected chi connectivity index (χ2v) is 14.8. The van der Waals surface area contributed by atoms with Crippen molar-refractivity contribution < 1.29 is 23.1 Å². The Labute approximate surface area is 234 Å². The molecule has 9 heteroatoms. The second-order valence-electron chi connectivity index (χ2n) is 11.7. The number of hydrogen-bond acceptors (Lipinski definition) is 4. The van der Waals surface area contributed by atoms with Crippen LogP contribution in [0.15, 0.2) is 48.5 Å². The number of aliphatic carboxylic acids is 1. The summed E-state index contributed by atoms with van der Waals surface area (Å²) in [5, 5.41) is 13.7. The van der Waals surface area contributed by atoms with Crippen LogP contribution < -0.4 is 5.32 Å². The Hall–Kier alpha value is -2.09. The lowest BCUT2D eigenvalue weighted by Crippen LogP contribution is -2.57. The van der Waals surface area contributed by atoms with E-state index in [-0.39, 0.29) is 48.7 Å². The van der Waals surface area contributed by atoms with Crippen LogP contribution in [0, 0.1) is 17.3 Å². The first-order valence-electron chi connectivity index (χ1n) is 13.2. The summed E-state index contributed by atoms with van der Waals surface area (Å²) >= 11 is 12.5. The van der Waals surface area contributed by atoms with Crippen molar-refractivity contribution in [3.8, 4) is 0 Å². The zero-order valence-electron chi connectivity index (χ0n) is 21.3. The summed E-state index contributed by atoms with van der Waals surface area (Å²) in [5.41, 5.74) is 0.438. The van der Waals surface area contributed by atoms with Crippen LogP contribution in [-0.4, -0.2) is 37.2 Å². The fourth-order valence-electron chi connectivity index (χ4n) is 6.36. The fraction of sp³-hybridized carbons (Fsp3) is 0.517. The highest BCUT2D eigenvalue weighted by Gasteiger charge is 2.59. The predicted molar refractivity (Wildman–Crippen MR) is 148 cm³/mol. The van der Waals surface area contributed by atoms with Crippen molar-refractivity contribution in [3.63, 3.8) is 0 Å². The third-order valence-corrected chi connectivity index (χ3v) is 11.9. The molecule has 2 aromatic rings. The maximum atomic E-state index is 14.4. The van der Waals surface area contributed by atoms with E-state index in [1.807, 2.05) is 30.3 Å². The van der Waals surface area contributed by atoms with E-state index in [1.54, 1.807) is 25.1 Å². The molecule has 1 aliphatic heterocycles. The molecule has 0 bridgehead atoms. The minimum Gasteiger partial charge on any atom is -0.481 e. The van der Waals surface area contributed by atoms with Gasteiger partial charge in [-0.2, -0.15) is 0 Å². The Morgan fingerprint density at radius 1 is 1.08 bits per heavy atom. The second kappa shape index (κ2) is 10.1. The molecule has 4 atom stereocenters. The van der Waals surface area contributed by atoms with E-state index in [1.165, 1.54) is 0 Å². The van der Waals surface area contributed by atoms with Gasteiger partial charge in [0.25, 0.3) is 0 Å². The molecule has 38 heavy (non-hydrogen) atoms. The van der Waals surface area contributed by atoms with Gasteiger partial charge >= 0.3 is 5.97 Å². The number of hydrogen-bond donors (Lipinski definition) is 2. The van der Waals surface area contributed by atoms with Gasteiger partial charge in [-0.15, -0.1) is 0 Å². The van der Waals surface area contributed by atoms with Crippen LogP contribution in [0.2, 0.25) is 10.0 Å². The average Bonchev–Trinajstić information content (AvgIpc) is 3.75. The Kier molecular flexibility index (Phi) is 7.33. The van der Waals surface area contributed by atoms with Crippen LogP contribution in [0.4, 0.5) is 0 Å². The minimum atomic E-state index is -3.62. The molecule has 3 aliphatic rings. The van der Waals surface area contributed by atoms with Gasteiger partial charge in [-0.3, -0.25) is 9.59 Å². The van der Waals surface area contributed by atoms with Crippen molar-refractivity contribution >= 4 is 44.9 Å². The van der Waals surface area contributed by atoms with Gasteiger partial charge in [0.1, 0.15) is 4.75 Å². The Morgan fingerprint density at radius 3 is 2.34 bits per heavy atom. The molecule has 2 N–H and O–H groups in total. The molecular formula is C29H33Cl2NO5S. The van der Waals surface area contributed by atoms with Crippen molar-refractivity contribution in [2.24, 2.45) is 17.3 Å². The average molecular weight is 579 g/mol. The molecule has 204 valence electrons. The molecule has 3 fully saturated rings. The lowest BCUT2D eigenvalue weighted by Gasteiger charge is -2.46. The highest BCUT2D eigenvalue weighted by Crippen LogP contribution is 2.57. The van der Waals surface area contributed by atoms with Crippen molar-refractivity contribution in [1.29, 1.82) is 0 Å². The molecule has 0 radical (unpaired) electrons. The van der Waals surface area contributed by atoms with E-state index in [9.17, 15) is 23.1 Å². The summed E-state index contributed by atoms with van der Waals surface area (Å²) in [6, 6.07) is 13.9. The van der Waals surface area contributed by atoms with Crippen LogP contribution >= 0.6 is 23.2 Å². The fourth-order valence-corrected chi connectivity index (χ4v) is 9.61. The molecule has 0 aromatic heterocycles. The number of halogens is 2. The van der Waals surface area contributed by atoms with E-state index < -0.39 is 32.0 Å². The number of piperidine rings is 1. The molecule has 2 saturated carbocycles. The molecular weight excluding hydrogens is 545 g/mol. The minimum absolute atomic E-state index is 0.0586. The molecule has 0 spiro atoms. The summed E-state index contributed by atoms with van der Waals surface area (Å²) in [6.45, 7) is 1.67. The third-order valence-electron chi connectivity index (χ3n) is 8.64. The lowest BCUT2D eigenvalue weighted by molar-refractivity contribution is -0.147. The largest absolute Gasteiger partial charge is 0.481 e. The Morgan fingerprint density at radius 2 is 1.76 bits per heavy atom. The third kappa shape index (κ3) is 5.34. The quantitative estimate of drug-likeness (QED) is 0.362. The first kappa shape index (κ1) is 27.5. The van der Waals surface area contributed by atoms with Gasteiger partial charge in [0, 0.05) is 22.0 Å². The Bertz CT molecular complexity index is 1340. The molecule has 2 aliphatic carbocycles. The number of carbonyl (C=O) groups excluding carboxylic acids is 1. The van der Waals surface area contributed by atoms with Crippen LogP contribution in [0.1, 0.15) is 68.9 Å². The van der Waals surface area contributed by atoms with Gasteiger partial charge in [-0.05, 0) is 85.8 Å². The van der Waals surface area contributed by atoms with Crippen LogP contribution in [-0.2, 0) is 24.2 Å². The topological polar surface area (TPSA) is 101 Å². The van der Waals surface area contributed by atoms with E-state index in [4.69, 9.17) is 23.2 Å². The first-order valence-corrected chi connectivity index (χ1v) is 15.6. The van der Waals surface area contributed by atoms with Gasteiger partial charge < -0.3 is 10.4 Å². The number of carboxylic acid groups (broad SMARTS) is 1. The smallest absolute Gasteiger partial charge is 0.304 e. The number of nitrogens with one attached hydrogen (secondary N) is 1. The summed E-state index contributed by atoms with van der Waals surface area (Å²) in [6.07, 6.45) is 3.60. The standard InChI is InChI=1S/C29H33Cl2NO5S/c1-28(16-26(33)34)14-24(19-3-2-4-23(31)13-19)25(32-27(28)35)15-29(20-7-8-20,21-9-11-22(30)12-10-21)38(36,37)17-18-5-6-18/h2-4,9-13,18,20,24-25H,5-8,14-17H2,1H3,(H,32,35)(H,33,34)/t24-,25+,28+,29+/m1/s1. The predicted octanol–water partition coefficient (Wildman–Crippen LogP) is 5.97. The van der Waals surface area contributed by atoms with E-state index in [0.29, 0.717) is 15.6 Å². The van der Waals surface area contributed by atoms with Gasteiger partial charge in [-0.25, -0.2) is 8.42 Å². The van der Waals surface area contributed by atoms with Crippen molar-refractivity contribution in [3.05, 3.63) is 69.7 Å². The number of amides is 1. The molecule has 1 saturated heterocycles. The first-order chi connectivity index (χ1) is 17.9. The van der Waals surface area contributed by atoms with E-state index in [2.05, 4.69) is 5.32 Å². The molecule has 0 unspecified atom stereocenters. The molecule has 6 nitrogen and oxygen atoms in total. The number of rotatable bonds is 10. The number of carbonyl (C=O) groups is 2.